The van der Waals surface area contributed by atoms with Crippen molar-refractivity contribution >= 4 is 5.71 Å². The molecule has 0 atom stereocenters. The van der Waals surface area contributed by atoms with Crippen molar-refractivity contribution in [3.05, 3.63) is 47.7 Å². The maximum absolute atomic E-state index is 4.51. The second-order valence-electron chi connectivity index (χ2n) is 4.36. The van der Waals surface area contributed by atoms with E-state index in [4.69, 9.17) is 0 Å². The molecule has 0 saturated heterocycles. The quantitative estimate of drug-likeness (QED) is 0.719. The standard InChI is InChI=1S/C15H22N2/c1-5-14-6-8-15(9-7-14)13(3)17-11-12(2)10-16-4/h5-6,8,11,16H,1,7,9-10H2,2-4H3/b12-11+,17-13?. The van der Waals surface area contributed by atoms with Gasteiger partial charge < -0.3 is 5.32 Å². The lowest BCUT2D eigenvalue weighted by atomic mass is 9.96. The molecule has 0 radical (unpaired) electrons. The second kappa shape index (κ2) is 7.02. The molecular formula is C15H22N2. The molecule has 0 amide bonds. The van der Waals surface area contributed by atoms with Crippen LogP contribution >= 0.6 is 0 Å². The average Bonchev–Trinajstić information content (AvgIpc) is 2.36. The average molecular weight is 230 g/mol. The van der Waals surface area contributed by atoms with Gasteiger partial charge in [-0.1, -0.05) is 24.8 Å². The number of hydrogen-bond donors (Lipinski definition) is 1. The van der Waals surface area contributed by atoms with E-state index in [-0.39, 0.29) is 0 Å². The second-order valence-corrected chi connectivity index (χ2v) is 4.36. The van der Waals surface area contributed by atoms with Gasteiger partial charge in [0, 0.05) is 18.5 Å². The molecule has 0 bridgehead atoms. The minimum Gasteiger partial charge on any atom is -0.316 e. The highest BCUT2D eigenvalue weighted by atomic mass is 14.8. The third-order valence-electron chi connectivity index (χ3n) is 2.84. The van der Waals surface area contributed by atoms with Crippen LogP contribution in [0.1, 0.15) is 26.7 Å². The van der Waals surface area contributed by atoms with Crippen LogP contribution in [0.25, 0.3) is 0 Å². The molecule has 1 N–H and O–H groups in total. The topological polar surface area (TPSA) is 24.4 Å². The molecule has 2 nitrogen and oxygen atoms in total. The summed E-state index contributed by atoms with van der Waals surface area (Å²) in [5, 5.41) is 3.11. The number of likely N-dealkylation sites (N-methyl/N-ethyl adjacent to an activating group) is 1. The van der Waals surface area contributed by atoms with Crippen molar-refractivity contribution in [3.63, 3.8) is 0 Å². The fraction of sp³-hybridized carbons (Fsp3) is 0.400. The lowest BCUT2D eigenvalue weighted by molar-refractivity contribution is 0.877. The van der Waals surface area contributed by atoms with Crippen molar-refractivity contribution in [1.29, 1.82) is 0 Å². The molecule has 0 saturated carbocycles. The van der Waals surface area contributed by atoms with Crippen molar-refractivity contribution in [1.82, 2.24) is 5.32 Å². The van der Waals surface area contributed by atoms with E-state index in [0.29, 0.717) is 0 Å². The number of allylic oxidation sites excluding steroid dienone is 5. The van der Waals surface area contributed by atoms with Gasteiger partial charge in [0.2, 0.25) is 0 Å². The summed E-state index contributed by atoms with van der Waals surface area (Å²) in [7, 11) is 1.94. The van der Waals surface area contributed by atoms with Crippen LogP contribution in [0.5, 0.6) is 0 Å². The van der Waals surface area contributed by atoms with Gasteiger partial charge in [-0.15, -0.1) is 0 Å². The Balaban J connectivity index is 2.71. The van der Waals surface area contributed by atoms with Crippen LogP contribution < -0.4 is 5.32 Å². The number of rotatable bonds is 5. The highest BCUT2D eigenvalue weighted by molar-refractivity contribution is 5.99. The maximum Gasteiger partial charge on any atom is 0.0404 e. The van der Waals surface area contributed by atoms with Gasteiger partial charge >= 0.3 is 0 Å². The van der Waals surface area contributed by atoms with Crippen molar-refractivity contribution in [2.45, 2.75) is 26.7 Å². The summed E-state index contributed by atoms with van der Waals surface area (Å²) >= 11 is 0. The third kappa shape index (κ3) is 4.53. The van der Waals surface area contributed by atoms with E-state index in [1.807, 2.05) is 19.3 Å². The van der Waals surface area contributed by atoms with Crippen LogP contribution in [0.2, 0.25) is 0 Å². The maximum atomic E-state index is 4.51. The highest BCUT2D eigenvalue weighted by Gasteiger charge is 2.06. The molecule has 0 spiro atoms. The van der Waals surface area contributed by atoms with Crippen molar-refractivity contribution in [2.24, 2.45) is 4.99 Å². The molecule has 0 fully saturated rings. The molecule has 0 aromatic heterocycles. The first-order chi connectivity index (χ1) is 8.17. The number of nitrogens with zero attached hydrogens (tertiary/aromatic N) is 1. The molecular weight excluding hydrogens is 208 g/mol. The molecule has 0 aliphatic heterocycles. The Bertz CT molecular complexity index is 395. The zero-order valence-corrected chi connectivity index (χ0v) is 11.1. The molecule has 0 heterocycles. The molecule has 1 rings (SSSR count). The summed E-state index contributed by atoms with van der Waals surface area (Å²) < 4.78 is 0. The predicted molar refractivity (Wildman–Crippen MR) is 76.4 cm³/mol. The van der Waals surface area contributed by atoms with Gasteiger partial charge in [-0.25, -0.2) is 0 Å². The van der Waals surface area contributed by atoms with Crippen LogP contribution in [0.15, 0.2) is 52.7 Å². The summed E-state index contributed by atoms with van der Waals surface area (Å²) in [5.74, 6) is 0. The van der Waals surface area contributed by atoms with Crippen molar-refractivity contribution in [2.75, 3.05) is 13.6 Å². The van der Waals surface area contributed by atoms with Crippen molar-refractivity contribution in [3.8, 4) is 0 Å². The lowest BCUT2D eigenvalue weighted by Crippen LogP contribution is -2.08. The first-order valence-electron chi connectivity index (χ1n) is 6.04. The fourth-order valence-electron chi connectivity index (χ4n) is 1.74. The Morgan fingerprint density at radius 3 is 2.71 bits per heavy atom. The van der Waals surface area contributed by atoms with Gasteiger partial charge in [-0.2, -0.15) is 0 Å². The van der Waals surface area contributed by atoms with Crippen molar-refractivity contribution < 1.29 is 0 Å². The molecule has 17 heavy (non-hydrogen) atoms. The fourth-order valence-corrected chi connectivity index (χ4v) is 1.74. The van der Waals surface area contributed by atoms with E-state index in [0.717, 1.165) is 25.1 Å². The normalized spacial score (nSPS) is 17.6. The molecule has 0 aromatic rings. The van der Waals surface area contributed by atoms with Gasteiger partial charge in [-0.3, -0.25) is 4.99 Å². The highest BCUT2D eigenvalue weighted by Crippen LogP contribution is 2.20. The number of hydrogen-bond acceptors (Lipinski definition) is 2. The monoisotopic (exact) mass is 230 g/mol. The van der Waals surface area contributed by atoms with E-state index < -0.39 is 0 Å². The van der Waals surface area contributed by atoms with Gasteiger partial charge in [0.25, 0.3) is 0 Å². The Kier molecular flexibility index (Phi) is 5.64. The number of nitrogens with one attached hydrogen (secondary N) is 1. The third-order valence-corrected chi connectivity index (χ3v) is 2.84. The minimum atomic E-state index is 0.885. The van der Waals surface area contributed by atoms with E-state index in [1.54, 1.807) is 0 Å². The smallest absolute Gasteiger partial charge is 0.0404 e. The SMILES string of the molecule is C=CC1=CC=C(C(C)=N/C=C(\C)CNC)CC1. The molecule has 1 aliphatic rings. The van der Waals surface area contributed by atoms with Gasteiger partial charge in [0.05, 0.1) is 0 Å². The summed E-state index contributed by atoms with van der Waals surface area (Å²) in [5.41, 5.74) is 4.98. The Morgan fingerprint density at radius 2 is 2.18 bits per heavy atom. The number of aliphatic imine (C=N–C) groups is 1. The lowest BCUT2D eigenvalue weighted by Gasteiger charge is -2.11. The molecule has 2 heteroatoms. The summed E-state index contributed by atoms with van der Waals surface area (Å²) in [4.78, 5) is 4.51. The van der Waals surface area contributed by atoms with Crippen LogP contribution in [0.4, 0.5) is 0 Å². The van der Waals surface area contributed by atoms with Crippen LogP contribution in [0.3, 0.4) is 0 Å². The summed E-state index contributed by atoms with van der Waals surface area (Å²) in [6.45, 7) is 8.83. The Morgan fingerprint density at radius 1 is 1.41 bits per heavy atom. The first-order valence-corrected chi connectivity index (χ1v) is 6.04. The van der Waals surface area contributed by atoms with Gasteiger partial charge in [0.1, 0.15) is 0 Å². The van der Waals surface area contributed by atoms with Crippen LogP contribution in [-0.2, 0) is 0 Å². The first kappa shape index (κ1) is 13.7. The van der Waals surface area contributed by atoms with Gasteiger partial charge in [0.15, 0.2) is 0 Å². The van der Waals surface area contributed by atoms with E-state index in [2.05, 4.69) is 42.9 Å². The van der Waals surface area contributed by atoms with E-state index >= 15 is 0 Å². The van der Waals surface area contributed by atoms with E-state index in [1.165, 1.54) is 16.7 Å². The van der Waals surface area contributed by atoms with Crippen LogP contribution in [0, 0.1) is 0 Å². The molecule has 0 unspecified atom stereocenters. The van der Waals surface area contributed by atoms with Crippen LogP contribution in [-0.4, -0.2) is 19.3 Å². The summed E-state index contributed by atoms with van der Waals surface area (Å²) in [6, 6.07) is 0. The largest absolute Gasteiger partial charge is 0.316 e. The molecule has 0 aromatic carbocycles. The predicted octanol–water partition coefficient (Wildman–Crippen LogP) is 3.40. The zero-order valence-electron chi connectivity index (χ0n) is 11.1. The summed E-state index contributed by atoms with van der Waals surface area (Å²) in [6.07, 6.45) is 10.3. The minimum absolute atomic E-state index is 0.885. The van der Waals surface area contributed by atoms with Gasteiger partial charge in [-0.05, 0) is 50.5 Å². The van der Waals surface area contributed by atoms with E-state index in [9.17, 15) is 0 Å². The molecule has 92 valence electrons. The zero-order chi connectivity index (χ0) is 12.7. The Labute approximate surface area is 105 Å². The Hall–Kier alpha value is -1.41. The molecule has 1 aliphatic carbocycles.